The molecule has 0 fully saturated rings. The maximum atomic E-state index is 11.8. The van der Waals surface area contributed by atoms with Gasteiger partial charge < -0.3 is 9.29 Å². The van der Waals surface area contributed by atoms with Crippen LogP contribution in [-0.2, 0) is 11.3 Å². The second kappa shape index (κ2) is 5.81. The first kappa shape index (κ1) is 15.1. The monoisotopic (exact) mass is 334 g/mol. The van der Waals surface area contributed by atoms with Crippen molar-refractivity contribution in [1.29, 1.82) is 0 Å². The molecule has 1 amide bonds. The van der Waals surface area contributed by atoms with Crippen molar-refractivity contribution in [2.75, 3.05) is 0 Å². The van der Waals surface area contributed by atoms with E-state index in [1.165, 1.54) is 0 Å². The Morgan fingerprint density at radius 2 is 1.94 bits per heavy atom. The molecule has 100 valence electrons. The van der Waals surface area contributed by atoms with Crippen molar-refractivity contribution in [2.45, 2.75) is 26.3 Å². The average molecular weight is 335 g/mol. The molecule has 0 radical (unpaired) electrons. The van der Waals surface area contributed by atoms with Crippen molar-refractivity contribution in [3.05, 3.63) is 28.7 Å². The Balaban J connectivity index is 2.94. The molecule has 0 aromatic heterocycles. The summed E-state index contributed by atoms with van der Waals surface area (Å²) in [4.78, 5) is 11.8. The van der Waals surface area contributed by atoms with Crippen LogP contribution >= 0.6 is 15.9 Å². The smallest absolute Gasteiger partial charge is 0.426 e. The van der Waals surface area contributed by atoms with Gasteiger partial charge in [-0.15, -0.1) is 0 Å². The van der Waals surface area contributed by atoms with Gasteiger partial charge in [0, 0.05) is 0 Å². The molecule has 7 heteroatoms. The van der Waals surface area contributed by atoms with E-state index in [1.54, 1.807) is 45.0 Å². The number of carbonyl (C=O) groups excluding carboxylic acids is 1. The molecule has 0 bridgehead atoms. The van der Waals surface area contributed by atoms with Gasteiger partial charge in [0.05, 0.1) is 21.3 Å². The zero-order valence-electron chi connectivity index (χ0n) is 10.2. The minimum atomic E-state index is -2.69. The number of rotatable bonds is 2. The molecule has 0 saturated carbocycles. The largest absolute Gasteiger partial charge is 0.755 e. The fraction of sp³-hybridized carbons (Fsp3) is 0.364. The van der Waals surface area contributed by atoms with Gasteiger partial charge >= 0.3 is 6.09 Å². The van der Waals surface area contributed by atoms with Gasteiger partial charge in [0.1, 0.15) is 5.75 Å². The van der Waals surface area contributed by atoms with Crippen LogP contribution in [0, 0.1) is 0 Å². The molecule has 1 rings (SSSR count). The molecule has 0 aliphatic heterocycles. The molecular formula is C11H13BrNO4S-. The Labute approximate surface area is 117 Å². The van der Waals surface area contributed by atoms with Crippen molar-refractivity contribution < 1.29 is 18.3 Å². The van der Waals surface area contributed by atoms with E-state index >= 15 is 0 Å². The van der Waals surface area contributed by atoms with Crippen LogP contribution in [-0.4, -0.2) is 24.7 Å². The summed E-state index contributed by atoms with van der Waals surface area (Å²) in [6.45, 7) is 4.80. The van der Waals surface area contributed by atoms with Gasteiger partial charge in [0.15, 0.2) is 0 Å². The normalized spacial score (nSPS) is 12.9. The minimum Gasteiger partial charge on any atom is -0.755 e. The lowest BCUT2D eigenvalue weighted by molar-refractivity contribution is 0.151. The number of hydrogen-bond acceptors (Lipinski definition) is 4. The molecule has 0 N–H and O–H groups in total. The summed E-state index contributed by atoms with van der Waals surface area (Å²) in [5.74, 6) is 0.266. The van der Waals surface area contributed by atoms with Crippen molar-refractivity contribution in [2.24, 2.45) is 0 Å². The number of nitrogens with zero attached hydrogens (tertiary/aromatic N) is 1. The Morgan fingerprint density at radius 3 is 2.39 bits per heavy atom. The standard InChI is InChI=1S/C11H14BrNO4S/c1-11(2,3)13(18(15)16)10(14)17-9-7-5-4-6-8(9)12/h4-7H,1-3H3,(H,15,16)/p-1. The Morgan fingerprint density at radius 1 is 1.39 bits per heavy atom. The van der Waals surface area contributed by atoms with Crippen LogP contribution in [0.15, 0.2) is 28.7 Å². The third-order valence-corrected chi connectivity index (χ3v) is 3.61. The maximum Gasteiger partial charge on any atom is 0.426 e. The molecule has 0 spiro atoms. The first-order valence-electron chi connectivity index (χ1n) is 5.09. The second-order valence-electron chi connectivity index (χ2n) is 4.48. The van der Waals surface area contributed by atoms with E-state index in [2.05, 4.69) is 15.9 Å². The van der Waals surface area contributed by atoms with Crippen molar-refractivity contribution >= 4 is 33.3 Å². The van der Waals surface area contributed by atoms with Crippen molar-refractivity contribution in [3.8, 4) is 5.75 Å². The summed E-state index contributed by atoms with van der Waals surface area (Å²) in [7, 11) is 0. The number of halogens is 1. The van der Waals surface area contributed by atoms with Gasteiger partial charge in [0.2, 0.25) is 0 Å². The Kier molecular flexibility index (Phi) is 4.89. The van der Waals surface area contributed by atoms with Crippen LogP contribution in [0.1, 0.15) is 20.8 Å². The molecular weight excluding hydrogens is 322 g/mol. The highest BCUT2D eigenvalue weighted by Crippen LogP contribution is 2.26. The van der Waals surface area contributed by atoms with E-state index in [1.807, 2.05) is 0 Å². The molecule has 1 aromatic rings. The minimum absolute atomic E-state index is 0.266. The molecule has 0 aliphatic carbocycles. The zero-order chi connectivity index (χ0) is 13.9. The van der Waals surface area contributed by atoms with Crippen LogP contribution in [0.3, 0.4) is 0 Å². The van der Waals surface area contributed by atoms with Gasteiger partial charge in [-0.3, -0.25) is 4.21 Å². The first-order chi connectivity index (χ1) is 8.23. The van der Waals surface area contributed by atoms with Crippen LogP contribution in [0.5, 0.6) is 5.75 Å². The predicted octanol–water partition coefficient (Wildman–Crippen LogP) is 2.84. The fourth-order valence-electron chi connectivity index (χ4n) is 1.22. The predicted molar refractivity (Wildman–Crippen MR) is 70.7 cm³/mol. The molecule has 1 unspecified atom stereocenters. The first-order valence-corrected chi connectivity index (χ1v) is 6.92. The van der Waals surface area contributed by atoms with Crippen LogP contribution in [0.4, 0.5) is 4.79 Å². The van der Waals surface area contributed by atoms with E-state index in [-0.39, 0.29) is 5.75 Å². The molecule has 0 heterocycles. The quantitative estimate of drug-likeness (QED) is 0.779. The van der Waals surface area contributed by atoms with E-state index in [9.17, 15) is 13.6 Å². The second-order valence-corrected chi connectivity index (χ2v) is 6.13. The number of para-hydroxylation sites is 1. The van der Waals surface area contributed by atoms with E-state index in [4.69, 9.17) is 4.74 Å². The number of ether oxygens (including phenoxy) is 1. The highest BCUT2D eigenvalue weighted by Gasteiger charge is 2.29. The SMILES string of the molecule is CC(C)(C)N(C(=O)Oc1ccccc1Br)S(=O)[O-]. The van der Waals surface area contributed by atoms with Crippen LogP contribution in [0.25, 0.3) is 0 Å². The van der Waals surface area contributed by atoms with E-state index in [0.717, 1.165) is 0 Å². The van der Waals surface area contributed by atoms with Gasteiger partial charge in [-0.2, -0.15) is 0 Å². The molecule has 5 nitrogen and oxygen atoms in total. The summed E-state index contributed by atoms with van der Waals surface area (Å²) in [5.41, 5.74) is -0.884. The van der Waals surface area contributed by atoms with E-state index in [0.29, 0.717) is 8.78 Å². The third-order valence-electron chi connectivity index (χ3n) is 1.96. The number of carbonyl (C=O) groups is 1. The number of amides is 1. The van der Waals surface area contributed by atoms with Gasteiger partial charge in [-0.25, -0.2) is 9.10 Å². The zero-order valence-corrected chi connectivity index (χ0v) is 12.6. The number of hydrogen-bond donors (Lipinski definition) is 0. The van der Waals surface area contributed by atoms with Crippen LogP contribution in [0.2, 0.25) is 0 Å². The molecule has 1 aromatic carbocycles. The van der Waals surface area contributed by atoms with Crippen molar-refractivity contribution in [1.82, 2.24) is 4.31 Å². The molecule has 18 heavy (non-hydrogen) atoms. The molecule has 0 aliphatic rings. The summed E-state index contributed by atoms with van der Waals surface area (Å²) >= 11 is 0.522. The van der Waals surface area contributed by atoms with Crippen molar-refractivity contribution in [3.63, 3.8) is 0 Å². The third kappa shape index (κ3) is 3.79. The number of benzene rings is 1. The lowest BCUT2D eigenvalue weighted by Gasteiger charge is -2.35. The Hall–Kier alpha value is -0.920. The fourth-order valence-corrected chi connectivity index (χ4v) is 2.19. The van der Waals surface area contributed by atoms with Gasteiger partial charge in [-0.05, 0) is 48.8 Å². The highest BCUT2D eigenvalue weighted by atomic mass is 79.9. The van der Waals surface area contributed by atoms with Gasteiger partial charge in [-0.1, -0.05) is 12.1 Å². The summed E-state index contributed by atoms with van der Waals surface area (Å²) in [6.07, 6.45) is -0.942. The maximum absolute atomic E-state index is 11.8. The highest BCUT2D eigenvalue weighted by molar-refractivity contribution is 9.10. The topological polar surface area (TPSA) is 69.7 Å². The Bertz CT molecular complexity index is 472. The summed E-state index contributed by atoms with van der Waals surface area (Å²) < 4.78 is 28.4. The summed E-state index contributed by atoms with van der Waals surface area (Å²) in [6, 6.07) is 6.70. The lowest BCUT2D eigenvalue weighted by Crippen LogP contribution is -2.47. The molecule has 0 saturated heterocycles. The van der Waals surface area contributed by atoms with E-state index < -0.39 is 22.9 Å². The van der Waals surface area contributed by atoms with Crippen LogP contribution < -0.4 is 4.74 Å². The van der Waals surface area contributed by atoms with Gasteiger partial charge in [0.25, 0.3) is 0 Å². The average Bonchev–Trinajstić information content (AvgIpc) is 2.18. The lowest BCUT2D eigenvalue weighted by atomic mass is 10.1. The summed E-state index contributed by atoms with van der Waals surface area (Å²) in [5, 5.41) is 0. The molecule has 1 atom stereocenters.